The summed E-state index contributed by atoms with van der Waals surface area (Å²) in [6.07, 6.45) is 0.259. The molecule has 1 aliphatic heterocycles. The molecular weight excluding hydrogens is 505 g/mol. The van der Waals surface area contributed by atoms with Gasteiger partial charge in [-0.25, -0.2) is 8.78 Å². The minimum Gasteiger partial charge on any atom is -0.480 e. The smallest absolute Gasteiger partial charge is 0.321 e. The van der Waals surface area contributed by atoms with E-state index in [4.69, 9.17) is 23.2 Å². The van der Waals surface area contributed by atoms with E-state index in [9.17, 15) is 15.2 Å². The molecule has 0 saturated carbocycles. The highest BCUT2D eigenvalue weighted by molar-refractivity contribution is 6.31. The third-order valence-electron chi connectivity index (χ3n) is 7.17. The number of carboxylic acid groups (broad SMARTS) is 1. The van der Waals surface area contributed by atoms with Crippen LogP contribution in [0.5, 0.6) is 0 Å². The van der Waals surface area contributed by atoms with Gasteiger partial charge in [0, 0.05) is 22.5 Å². The van der Waals surface area contributed by atoms with Crippen LogP contribution < -0.4 is 5.32 Å². The fourth-order valence-corrected chi connectivity index (χ4v) is 5.79. The maximum absolute atomic E-state index is 15.5. The fraction of sp³-hybridized carbons (Fsp3) is 0.286. The van der Waals surface area contributed by atoms with Crippen LogP contribution in [-0.4, -0.2) is 23.2 Å². The van der Waals surface area contributed by atoms with Gasteiger partial charge in [-0.2, -0.15) is 5.26 Å². The number of hydrogen-bond acceptors (Lipinski definition) is 3. The largest absolute Gasteiger partial charge is 0.480 e. The third-order valence-corrected chi connectivity index (χ3v) is 7.70. The van der Waals surface area contributed by atoms with Crippen molar-refractivity contribution in [3.8, 4) is 6.07 Å². The standard InChI is InChI=1S/C28H24Cl2F2N2O2/c1-27(2,16-7-4-3-5-8-16)14-22-28(15-33,19-12-11-17(29)13-21(19)31)23(25(34-22)26(35)36)18-9-6-10-20(30)24(18)32/h3-13,22-23,25,34H,14H2,1-2H3,(H,35,36). The first kappa shape index (κ1) is 26.1. The maximum atomic E-state index is 15.5. The quantitative estimate of drug-likeness (QED) is 0.377. The van der Waals surface area contributed by atoms with Crippen LogP contribution in [0.4, 0.5) is 8.78 Å². The van der Waals surface area contributed by atoms with Gasteiger partial charge in [0.25, 0.3) is 0 Å². The van der Waals surface area contributed by atoms with Crippen LogP contribution in [0.15, 0.2) is 66.7 Å². The topological polar surface area (TPSA) is 73.1 Å². The van der Waals surface area contributed by atoms with Crippen molar-refractivity contribution < 1.29 is 18.7 Å². The van der Waals surface area contributed by atoms with Gasteiger partial charge in [0.2, 0.25) is 0 Å². The first-order valence-corrected chi connectivity index (χ1v) is 12.1. The lowest BCUT2D eigenvalue weighted by molar-refractivity contribution is -0.139. The van der Waals surface area contributed by atoms with Crippen molar-refractivity contribution in [3.05, 3.63) is 105 Å². The second-order valence-electron chi connectivity index (χ2n) is 9.71. The number of aliphatic carboxylic acids is 1. The van der Waals surface area contributed by atoms with E-state index in [0.717, 1.165) is 11.6 Å². The Labute approximate surface area is 218 Å². The van der Waals surface area contributed by atoms with Crippen molar-refractivity contribution in [2.24, 2.45) is 0 Å². The Morgan fingerprint density at radius 1 is 1.11 bits per heavy atom. The van der Waals surface area contributed by atoms with Gasteiger partial charge in [0.15, 0.2) is 0 Å². The number of benzene rings is 3. The van der Waals surface area contributed by atoms with E-state index in [1.165, 1.54) is 30.3 Å². The predicted molar refractivity (Wildman–Crippen MR) is 135 cm³/mol. The summed E-state index contributed by atoms with van der Waals surface area (Å²) < 4.78 is 30.9. The molecule has 3 aromatic rings. The van der Waals surface area contributed by atoms with Crippen LogP contribution in [0.1, 0.15) is 42.9 Å². The van der Waals surface area contributed by atoms with Crippen molar-refractivity contribution >= 4 is 29.2 Å². The molecule has 0 aromatic heterocycles. The number of halogens is 4. The van der Waals surface area contributed by atoms with Crippen LogP contribution in [0, 0.1) is 23.0 Å². The fourth-order valence-electron chi connectivity index (χ4n) is 5.45. The number of rotatable bonds is 6. The molecule has 4 nitrogen and oxygen atoms in total. The van der Waals surface area contributed by atoms with Crippen LogP contribution in [0.3, 0.4) is 0 Å². The molecule has 0 amide bonds. The van der Waals surface area contributed by atoms with Gasteiger partial charge in [0.1, 0.15) is 23.1 Å². The highest BCUT2D eigenvalue weighted by Crippen LogP contribution is 2.53. The van der Waals surface area contributed by atoms with Crippen LogP contribution in [0.2, 0.25) is 10.0 Å². The van der Waals surface area contributed by atoms with Crippen molar-refractivity contribution in [2.45, 2.75) is 49.1 Å². The first-order valence-electron chi connectivity index (χ1n) is 11.4. The number of nitriles is 1. The number of hydrogen-bond donors (Lipinski definition) is 2. The minimum absolute atomic E-state index is 0.0520. The van der Waals surface area contributed by atoms with Gasteiger partial charge in [-0.1, -0.05) is 85.6 Å². The van der Waals surface area contributed by atoms with Crippen molar-refractivity contribution in [3.63, 3.8) is 0 Å². The lowest BCUT2D eigenvalue weighted by Crippen LogP contribution is -2.46. The summed E-state index contributed by atoms with van der Waals surface area (Å²) in [5, 5.41) is 23.9. The highest BCUT2D eigenvalue weighted by atomic mass is 35.5. The monoisotopic (exact) mass is 528 g/mol. The van der Waals surface area contributed by atoms with E-state index < -0.39 is 46.4 Å². The Kier molecular flexibility index (Phi) is 7.12. The van der Waals surface area contributed by atoms with Crippen LogP contribution in [-0.2, 0) is 15.6 Å². The zero-order chi connectivity index (χ0) is 26.3. The summed E-state index contributed by atoms with van der Waals surface area (Å²) in [4.78, 5) is 12.5. The summed E-state index contributed by atoms with van der Waals surface area (Å²) in [5.41, 5.74) is -1.51. The zero-order valence-corrected chi connectivity index (χ0v) is 21.1. The van der Waals surface area contributed by atoms with Crippen molar-refractivity contribution in [1.82, 2.24) is 5.32 Å². The molecular formula is C28H24Cl2F2N2O2. The molecule has 1 saturated heterocycles. The molecule has 4 unspecified atom stereocenters. The molecule has 1 fully saturated rings. The molecule has 3 aromatic carbocycles. The average molecular weight is 529 g/mol. The van der Waals surface area contributed by atoms with E-state index >= 15 is 8.78 Å². The lowest BCUT2D eigenvalue weighted by atomic mass is 9.62. The van der Waals surface area contributed by atoms with E-state index in [0.29, 0.717) is 0 Å². The van der Waals surface area contributed by atoms with Crippen molar-refractivity contribution in [1.29, 1.82) is 5.26 Å². The Morgan fingerprint density at radius 2 is 1.81 bits per heavy atom. The molecule has 1 aliphatic rings. The summed E-state index contributed by atoms with van der Waals surface area (Å²) in [5.74, 6) is -4.18. The molecule has 186 valence electrons. The van der Waals surface area contributed by atoms with Gasteiger partial charge in [-0.05, 0) is 41.2 Å². The van der Waals surface area contributed by atoms with Crippen LogP contribution in [0.25, 0.3) is 0 Å². The second kappa shape index (κ2) is 9.82. The number of nitrogens with one attached hydrogen (secondary N) is 1. The van der Waals surface area contributed by atoms with Crippen LogP contribution >= 0.6 is 23.2 Å². The molecule has 36 heavy (non-hydrogen) atoms. The van der Waals surface area contributed by atoms with Gasteiger partial charge >= 0.3 is 5.97 Å². The maximum Gasteiger partial charge on any atom is 0.321 e. The predicted octanol–water partition coefficient (Wildman–Crippen LogP) is 6.61. The Hall–Kier alpha value is -2.98. The minimum atomic E-state index is -1.80. The van der Waals surface area contributed by atoms with Gasteiger partial charge in [0.05, 0.1) is 11.1 Å². The second-order valence-corrected chi connectivity index (χ2v) is 10.6. The molecule has 0 radical (unpaired) electrons. The Morgan fingerprint density at radius 3 is 2.42 bits per heavy atom. The number of carboxylic acids is 1. The Balaban J connectivity index is 1.99. The molecule has 0 aliphatic carbocycles. The van der Waals surface area contributed by atoms with E-state index in [1.54, 1.807) is 0 Å². The summed E-state index contributed by atoms with van der Waals surface area (Å²) in [6.45, 7) is 3.93. The van der Waals surface area contributed by atoms with Gasteiger partial charge in [-0.3, -0.25) is 10.1 Å². The van der Waals surface area contributed by atoms with Gasteiger partial charge < -0.3 is 5.11 Å². The average Bonchev–Trinajstić information content (AvgIpc) is 3.15. The normalized spacial score (nSPS) is 23.9. The number of nitrogens with zero attached hydrogens (tertiary/aromatic N) is 1. The van der Waals surface area contributed by atoms with E-state index in [-0.39, 0.29) is 27.6 Å². The molecule has 1 heterocycles. The van der Waals surface area contributed by atoms with Crippen molar-refractivity contribution in [2.75, 3.05) is 0 Å². The zero-order valence-electron chi connectivity index (χ0n) is 19.6. The number of carbonyl (C=O) groups is 1. The summed E-state index contributed by atoms with van der Waals surface area (Å²) >= 11 is 12.1. The van der Waals surface area contributed by atoms with E-state index in [1.807, 2.05) is 44.2 Å². The Bertz CT molecular complexity index is 1340. The SMILES string of the molecule is CC(C)(CC1NC(C(=O)O)C(c2cccc(Cl)c2F)C1(C#N)c1ccc(Cl)cc1F)c1ccccc1. The van der Waals surface area contributed by atoms with E-state index in [2.05, 4.69) is 11.4 Å². The lowest BCUT2D eigenvalue weighted by Gasteiger charge is -2.38. The highest BCUT2D eigenvalue weighted by Gasteiger charge is 2.61. The summed E-state index contributed by atoms with van der Waals surface area (Å²) in [6, 6.07) is 17.7. The molecule has 4 rings (SSSR count). The molecule has 0 bridgehead atoms. The molecule has 0 spiro atoms. The first-order chi connectivity index (χ1) is 17.0. The molecule has 4 atom stereocenters. The summed E-state index contributed by atoms with van der Waals surface area (Å²) in [7, 11) is 0. The third kappa shape index (κ3) is 4.37. The molecule has 2 N–H and O–H groups in total. The van der Waals surface area contributed by atoms with Gasteiger partial charge in [-0.15, -0.1) is 0 Å². The molecule has 8 heteroatoms.